The molecule has 1 N–H and O–H groups in total. The van der Waals surface area contributed by atoms with E-state index in [4.69, 9.17) is 9.47 Å². The van der Waals surface area contributed by atoms with Gasteiger partial charge in [0.25, 0.3) is 5.91 Å². The van der Waals surface area contributed by atoms with Gasteiger partial charge in [0.05, 0.1) is 25.2 Å². The monoisotopic (exact) mass is 522 g/mol. The number of nitrogens with one attached hydrogen (secondary N) is 1. The number of benzene rings is 2. The molecule has 1 aliphatic heterocycles. The van der Waals surface area contributed by atoms with Crippen LogP contribution in [0.25, 0.3) is 0 Å². The molecule has 1 saturated heterocycles. The Morgan fingerprint density at radius 2 is 1.66 bits per heavy atom. The standard InChI is InChI=1S/C30H35FN2O5/c1-37-30(36)23-5-4-22(16-23)29(35)33-14-12-21(13-15-33)20-6-8-24(9-7-20)32-28(34)26-11-10-25(17-27(26)31)38-18-19-2-3-19/h6-11,17,19,21-23H,2-5,12-16,18H2,1H3,(H,32,34). The molecular weight excluding hydrogens is 487 g/mol. The van der Waals surface area contributed by atoms with Crippen molar-refractivity contribution in [1.82, 2.24) is 4.90 Å². The molecule has 1 heterocycles. The van der Waals surface area contributed by atoms with E-state index in [1.54, 1.807) is 6.07 Å². The zero-order valence-electron chi connectivity index (χ0n) is 21.8. The average molecular weight is 523 g/mol. The van der Waals surface area contributed by atoms with E-state index >= 15 is 0 Å². The first-order chi connectivity index (χ1) is 18.4. The van der Waals surface area contributed by atoms with Crippen LogP contribution in [0.3, 0.4) is 0 Å². The number of amides is 2. The number of nitrogens with zero attached hydrogens (tertiary/aromatic N) is 1. The van der Waals surface area contributed by atoms with Crippen molar-refractivity contribution in [2.24, 2.45) is 17.8 Å². The molecule has 2 amide bonds. The molecule has 3 aliphatic rings. The number of likely N-dealkylation sites (tertiary alicyclic amines) is 1. The molecule has 5 rings (SSSR count). The fourth-order valence-corrected chi connectivity index (χ4v) is 5.58. The predicted molar refractivity (Wildman–Crippen MR) is 140 cm³/mol. The number of halogens is 1. The van der Waals surface area contributed by atoms with Crippen LogP contribution in [0.2, 0.25) is 0 Å². The van der Waals surface area contributed by atoms with Crippen molar-refractivity contribution in [2.75, 3.05) is 32.1 Å². The second-order valence-corrected chi connectivity index (χ2v) is 10.8. The maximum absolute atomic E-state index is 14.5. The summed E-state index contributed by atoms with van der Waals surface area (Å²) < 4.78 is 24.9. The zero-order chi connectivity index (χ0) is 26.6. The van der Waals surface area contributed by atoms with Crippen LogP contribution >= 0.6 is 0 Å². The number of rotatable bonds is 8. The van der Waals surface area contributed by atoms with Gasteiger partial charge < -0.3 is 19.7 Å². The first-order valence-electron chi connectivity index (χ1n) is 13.6. The highest BCUT2D eigenvalue weighted by Crippen LogP contribution is 2.35. The average Bonchev–Trinajstić information content (AvgIpc) is 3.64. The van der Waals surface area contributed by atoms with Gasteiger partial charge >= 0.3 is 5.97 Å². The molecule has 0 aromatic heterocycles. The van der Waals surface area contributed by atoms with Crippen LogP contribution in [0.4, 0.5) is 10.1 Å². The fraction of sp³-hybridized carbons (Fsp3) is 0.500. The van der Waals surface area contributed by atoms with E-state index in [0.717, 1.165) is 44.1 Å². The zero-order valence-corrected chi connectivity index (χ0v) is 21.8. The molecule has 2 atom stereocenters. The third kappa shape index (κ3) is 6.17. The van der Waals surface area contributed by atoms with Gasteiger partial charge in [0.1, 0.15) is 11.6 Å². The number of esters is 1. The summed E-state index contributed by atoms with van der Waals surface area (Å²) in [5.41, 5.74) is 1.73. The van der Waals surface area contributed by atoms with Crippen LogP contribution in [0.5, 0.6) is 5.75 Å². The summed E-state index contributed by atoms with van der Waals surface area (Å²) in [5.74, 6) is -0.0737. The van der Waals surface area contributed by atoms with E-state index in [1.165, 1.54) is 19.2 Å². The van der Waals surface area contributed by atoms with Gasteiger partial charge in [0.15, 0.2) is 0 Å². The quantitative estimate of drug-likeness (QED) is 0.484. The Balaban J connectivity index is 1.10. The van der Waals surface area contributed by atoms with E-state index in [-0.39, 0.29) is 29.3 Å². The van der Waals surface area contributed by atoms with Crippen molar-refractivity contribution < 1.29 is 28.2 Å². The van der Waals surface area contributed by atoms with Gasteiger partial charge in [-0.05, 0) is 86.6 Å². The topological polar surface area (TPSA) is 84.9 Å². The lowest BCUT2D eigenvalue weighted by Crippen LogP contribution is -2.41. The number of hydrogen-bond acceptors (Lipinski definition) is 5. The SMILES string of the molecule is COC(=O)C1CCC(C(=O)N2CCC(c3ccc(NC(=O)c4ccc(OCC5CC5)cc4F)cc3)CC2)C1. The number of hydrogen-bond donors (Lipinski definition) is 1. The van der Waals surface area contributed by atoms with E-state index in [0.29, 0.717) is 49.4 Å². The van der Waals surface area contributed by atoms with Crippen LogP contribution in [0, 0.1) is 23.6 Å². The minimum Gasteiger partial charge on any atom is -0.493 e. The number of carbonyl (C=O) groups excluding carboxylic acids is 3. The van der Waals surface area contributed by atoms with Crippen LogP contribution < -0.4 is 10.1 Å². The van der Waals surface area contributed by atoms with E-state index < -0.39 is 11.7 Å². The van der Waals surface area contributed by atoms with Crippen LogP contribution in [0.1, 0.15) is 66.8 Å². The second kappa shape index (κ2) is 11.5. The molecule has 3 fully saturated rings. The van der Waals surface area contributed by atoms with Gasteiger partial charge in [-0.25, -0.2) is 4.39 Å². The van der Waals surface area contributed by atoms with E-state index in [2.05, 4.69) is 5.32 Å². The minimum absolute atomic E-state index is 0.0231. The Morgan fingerprint density at radius 3 is 2.32 bits per heavy atom. The van der Waals surface area contributed by atoms with Gasteiger partial charge in [0.2, 0.25) is 5.91 Å². The van der Waals surface area contributed by atoms with Crippen LogP contribution in [0.15, 0.2) is 42.5 Å². The first kappa shape index (κ1) is 26.2. The van der Waals surface area contributed by atoms with Crippen molar-refractivity contribution >= 4 is 23.5 Å². The lowest BCUT2D eigenvalue weighted by molar-refractivity contribution is -0.145. The summed E-state index contributed by atoms with van der Waals surface area (Å²) in [6.07, 6.45) is 6.09. The number of anilines is 1. The lowest BCUT2D eigenvalue weighted by atomic mass is 9.88. The molecule has 2 aromatic rings. The second-order valence-electron chi connectivity index (χ2n) is 10.8. The largest absolute Gasteiger partial charge is 0.493 e. The fourth-order valence-electron chi connectivity index (χ4n) is 5.58. The van der Waals surface area contributed by atoms with Crippen molar-refractivity contribution in [3.8, 4) is 5.75 Å². The van der Waals surface area contributed by atoms with Gasteiger partial charge in [-0.2, -0.15) is 0 Å². The highest BCUT2D eigenvalue weighted by atomic mass is 19.1. The van der Waals surface area contributed by atoms with Gasteiger partial charge in [0, 0.05) is 30.8 Å². The molecule has 2 aromatic carbocycles. The van der Waals surface area contributed by atoms with Crippen LogP contribution in [-0.2, 0) is 14.3 Å². The molecule has 202 valence electrons. The Labute approximate surface area is 222 Å². The van der Waals surface area contributed by atoms with Gasteiger partial charge in [-0.15, -0.1) is 0 Å². The number of methoxy groups -OCH3 is 1. The Morgan fingerprint density at radius 1 is 0.947 bits per heavy atom. The maximum atomic E-state index is 14.5. The lowest BCUT2D eigenvalue weighted by Gasteiger charge is -2.34. The summed E-state index contributed by atoms with van der Waals surface area (Å²) in [4.78, 5) is 39.3. The molecule has 0 spiro atoms. The Kier molecular flexibility index (Phi) is 7.95. The van der Waals surface area contributed by atoms with Crippen molar-refractivity contribution in [3.63, 3.8) is 0 Å². The summed E-state index contributed by atoms with van der Waals surface area (Å²) in [7, 11) is 1.40. The van der Waals surface area contributed by atoms with E-state index in [9.17, 15) is 18.8 Å². The molecule has 38 heavy (non-hydrogen) atoms. The van der Waals surface area contributed by atoms with Gasteiger partial charge in [-0.1, -0.05) is 12.1 Å². The molecule has 2 unspecified atom stereocenters. The maximum Gasteiger partial charge on any atom is 0.308 e. The van der Waals surface area contributed by atoms with Crippen molar-refractivity contribution in [1.29, 1.82) is 0 Å². The highest BCUT2D eigenvalue weighted by Gasteiger charge is 2.37. The molecule has 8 heteroatoms. The Hall–Kier alpha value is -3.42. The molecule has 2 saturated carbocycles. The first-order valence-corrected chi connectivity index (χ1v) is 13.6. The third-order valence-corrected chi connectivity index (χ3v) is 8.13. The Bertz CT molecular complexity index is 1170. The highest BCUT2D eigenvalue weighted by molar-refractivity contribution is 6.04. The number of piperidine rings is 1. The molecule has 2 aliphatic carbocycles. The number of ether oxygens (including phenoxy) is 2. The minimum atomic E-state index is -0.604. The smallest absolute Gasteiger partial charge is 0.308 e. The molecule has 0 radical (unpaired) electrons. The molecular formula is C30H35FN2O5. The summed E-state index contributed by atoms with van der Waals surface area (Å²) in [6.45, 7) is 1.98. The molecule has 0 bridgehead atoms. The van der Waals surface area contributed by atoms with E-state index in [1.807, 2.05) is 29.2 Å². The third-order valence-electron chi connectivity index (χ3n) is 8.13. The summed E-state index contributed by atoms with van der Waals surface area (Å²) in [5, 5.41) is 2.77. The van der Waals surface area contributed by atoms with Gasteiger partial charge in [-0.3, -0.25) is 14.4 Å². The summed E-state index contributed by atoms with van der Waals surface area (Å²) in [6, 6.07) is 12.0. The van der Waals surface area contributed by atoms with Crippen molar-refractivity contribution in [2.45, 2.75) is 50.9 Å². The predicted octanol–water partition coefficient (Wildman–Crippen LogP) is 5.16. The van der Waals surface area contributed by atoms with Crippen LogP contribution in [-0.4, -0.2) is 49.5 Å². The summed E-state index contributed by atoms with van der Waals surface area (Å²) >= 11 is 0. The number of carbonyl (C=O) groups is 3. The molecule has 7 nitrogen and oxygen atoms in total. The van der Waals surface area contributed by atoms with Crippen molar-refractivity contribution in [3.05, 3.63) is 59.4 Å². The normalized spacial score (nSPS) is 21.7.